The maximum absolute atomic E-state index is 14.9. The van der Waals surface area contributed by atoms with Crippen LogP contribution in [0.2, 0.25) is 0 Å². The summed E-state index contributed by atoms with van der Waals surface area (Å²) in [6, 6.07) is 4.23. The first-order valence-corrected chi connectivity index (χ1v) is 7.42. The van der Waals surface area contributed by atoms with Crippen molar-refractivity contribution in [1.82, 2.24) is 5.32 Å². The van der Waals surface area contributed by atoms with Gasteiger partial charge in [0.25, 0.3) is 5.92 Å². The SMILES string of the molecule is CC1(C)OCCN[C@](C)(c2cc(I)ccc2F)C1(F)F. The van der Waals surface area contributed by atoms with Crippen molar-refractivity contribution in [2.24, 2.45) is 0 Å². The zero-order chi connectivity index (χ0) is 15.2. The number of benzene rings is 1. The summed E-state index contributed by atoms with van der Waals surface area (Å²) in [5.74, 6) is -3.92. The first-order chi connectivity index (χ1) is 9.12. The van der Waals surface area contributed by atoms with Crippen LogP contribution in [0.4, 0.5) is 13.2 Å². The molecule has 1 aromatic carbocycles. The lowest BCUT2D eigenvalue weighted by Gasteiger charge is -2.44. The third kappa shape index (κ3) is 2.35. The van der Waals surface area contributed by atoms with Gasteiger partial charge in [0.15, 0.2) is 0 Å². The molecule has 0 aliphatic carbocycles. The summed E-state index contributed by atoms with van der Waals surface area (Å²) in [6.07, 6.45) is 0. The molecule has 0 bridgehead atoms. The molecule has 1 aliphatic heterocycles. The van der Waals surface area contributed by atoms with Gasteiger partial charge in [-0.05, 0) is 61.6 Å². The van der Waals surface area contributed by atoms with Crippen molar-refractivity contribution < 1.29 is 17.9 Å². The van der Waals surface area contributed by atoms with Gasteiger partial charge < -0.3 is 10.1 Å². The summed E-state index contributed by atoms with van der Waals surface area (Å²) in [5.41, 5.74) is -3.54. The molecule has 0 spiro atoms. The predicted molar refractivity (Wildman–Crippen MR) is 79.4 cm³/mol. The van der Waals surface area contributed by atoms with E-state index in [-0.39, 0.29) is 18.7 Å². The van der Waals surface area contributed by atoms with Crippen LogP contribution in [0.25, 0.3) is 0 Å². The van der Waals surface area contributed by atoms with E-state index < -0.39 is 22.9 Å². The van der Waals surface area contributed by atoms with Gasteiger partial charge in [-0.3, -0.25) is 0 Å². The lowest BCUT2D eigenvalue weighted by atomic mass is 9.78. The summed E-state index contributed by atoms with van der Waals surface area (Å²) >= 11 is 1.98. The summed E-state index contributed by atoms with van der Waals surface area (Å²) in [4.78, 5) is 0. The Kier molecular flexibility index (Phi) is 4.12. The number of nitrogens with one attached hydrogen (secondary N) is 1. The average Bonchev–Trinajstić information content (AvgIpc) is 2.43. The van der Waals surface area contributed by atoms with Crippen LogP contribution in [0, 0.1) is 9.39 Å². The quantitative estimate of drug-likeness (QED) is 0.728. The molecular formula is C14H17F3INO. The molecule has 20 heavy (non-hydrogen) atoms. The number of hydrogen-bond donors (Lipinski definition) is 1. The summed E-state index contributed by atoms with van der Waals surface area (Å²) in [7, 11) is 0. The van der Waals surface area contributed by atoms with Crippen LogP contribution in [0.1, 0.15) is 26.3 Å². The fraction of sp³-hybridized carbons (Fsp3) is 0.571. The highest BCUT2D eigenvalue weighted by atomic mass is 127. The minimum absolute atomic E-state index is 0.0343. The monoisotopic (exact) mass is 399 g/mol. The molecule has 1 heterocycles. The van der Waals surface area contributed by atoms with Crippen molar-refractivity contribution in [2.45, 2.75) is 37.8 Å². The zero-order valence-corrected chi connectivity index (χ0v) is 13.7. The molecule has 1 aliphatic rings. The van der Waals surface area contributed by atoms with Gasteiger partial charge in [-0.1, -0.05) is 0 Å². The highest BCUT2D eigenvalue weighted by molar-refractivity contribution is 14.1. The second kappa shape index (κ2) is 5.14. The lowest BCUT2D eigenvalue weighted by Crippen LogP contribution is -2.61. The maximum Gasteiger partial charge on any atom is 0.297 e. The van der Waals surface area contributed by atoms with Crippen molar-refractivity contribution in [1.29, 1.82) is 0 Å². The van der Waals surface area contributed by atoms with E-state index >= 15 is 0 Å². The smallest absolute Gasteiger partial charge is 0.297 e. The average molecular weight is 399 g/mol. The van der Waals surface area contributed by atoms with Crippen molar-refractivity contribution in [3.8, 4) is 0 Å². The Morgan fingerprint density at radius 1 is 1.25 bits per heavy atom. The van der Waals surface area contributed by atoms with Crippen LogP contribution in [0.5, 0.6) is 0 Å². The molecule has 2 rings (SSSR count). The number of halogens is 4. The van der Waals surface area contributed by atoms with E-state index in [1.807, 2.05) is 22.6 Å². The molecule has 6 heteroatoms. The third-order valence-electron chi connectivity index (χ3n) is 3.89. The van der Waals surface area contributed by atoms with E-state index in [4.69, 9.17) is 4.74 Å². The normalized spacial score (nSPS) is 28.9. The van der Waals surface area contributed by atoms with Crippen LogP contribution >= 0.6 is 22.6 Å². The van der Waals surface area contributed by atoms with Crippen molar-refractivity contribution >= 4 is 22.6 Å². The summed E-state index contributed by atoms with van der Waals surface area (Å²) < 4.78 is 49.9. The summed E-state index contributed by atoms with van der Waals surface area (Å²) in [6.45, 7) is 4.40. The second-order valence-corrected chi connectivity index (χ2v) is 6.85. The molecule has 1 N–H and O–H groups in total. The minimum atomic E-state index is -3.28. The van der Waals surface area contributed by atoms with Gasteiger partial charge >= 0.3 is 0 Å². The van der Waals surface area contributed by atoms with Crippen LogP contribution in [0.15, 0.2) is 18.2 Å². The van der Waals surface area contributed by atoms with E-state index in [9.17, 15) is 13.2 Å². The van der Waals surface area contributed by atoms with E-state index in [1.165, 1.54) is 32.9 Å². The van der Waals surface area contributed by atoms with Crippen molar-refractivity contribution in [2.75, 3.05) is 13.2 Å². The molecule has 0 aromatic heterocycles. The van der Waals surface area contributed by atoms with Crippen LogP contribution < -0.4 is 5.32 Å². The van der Waals surface area contributed by atoms with Crippen LogP contribution in [-0.4, -0.2) is 24.7 Å². The Morgan fingerprint density at radius 2 is 1.90 bits per heavy atom. The number of rotatable bonds is 1. The van der Waals surface area contributed by atoms with Crippen LogP contribution in [0.3, 0.4) is 0 Å². The fourth-order valence-electron chi connectivity index (χ4n) is 2.56. The second-order valence-electron chi connectivity index (χ2n) is 5.61. The maximum atomic E-state index is 14.9. The Labute approximate surface area is 130 Å². The Bertz CT molecular complexity index is 521. The molecule has 1 atom stereocenters. The molecule has 1 fully saturated rings. The Morgan fingerprint density at radius 3 is 2.55 bits per heavy atom. The van der Waals surface area contributed by atoms with Gasteiger partial charge in [-0.25, -0.2) is 13.2 Å². The zero-order valence-electron chi connectivity index (χ0n) is 11.6. The molecule has 1 aromatic rings. The molecule has 0 saturated carbocycles. The fourth-order valence-corrected chi connectivity index (χ4v) is 3.05. The van der Waals surface area contributed by atoms with Crippen LogP contribution in [-0.2, 0) is 10.3 Å². The van der Waals surface area contributed by atoms with E-state index in [0.29, 0.717) is 3.57 Å². The topological polar surface area (TPSA) is 21.3 Å². The Balaban J connectivity index is 2.63. The molecule has 112 valence electrons. The predicted octanol–water partition coefficient (Wildman–Crippen LogP) is 3.68. The van der Waals surface area contributed by atoms with E-state index in [2.05, 4.69) is 5.32 Å². The molecule has 0 unspecified atom stereocenters. The molecule has 0 radical (unpaired) electrons. The van der Waals surface area contributed by atoms with Gasteiger partial charge in [0.1, 0.15) is 17.0 Å². The van der Waals surface area contributed by atoms with Gasteiger partial charge in [0.05, 0.1) is 6.61 Å². The summed E-state index contributed by atoms with van der Waals surface area (Å²) in [5, 5.41) is 2.77. The number of alkyl halides is 2. The number of hydrogen-bond acceptors (Lipinski definition) is 2. The molecule has 1 saturated heterocycles. The van der Waals surface area contributed by atoms with Gasteiger partial charge in [0.2, 0.25) is 0 Å². The first kappa shape index (κ1) is 16.0. The molecule has 2 nitrogen and oxygen atoms in total. The van der Waals surface area contributed by atoms with Crippen molar-refractivity contribution in [3.05, 3.63) is 33.1 Å². The minimum Gasteiger partial charge on any atom is -0.368 e. The van der Waals surface area contributed by atoms with Gasteiger partial charge in [-0.15, -0.1) is 0 Å². The molecule has 0 amide bonds. The van der Waals surface area contributed by atoms with Gasteiger partial charge in [-0.2, -0.15) is 0 Å². The Hall–Kier alpha value is -0.340. The van der Waals surface area contributed by atoms with Gasteiger partial charge in [0, 0.05) is 15.7 Å². The van der Waals surface area contributed by atoms with E-state index in [0.717, 1.165) is 0 Å². The highest BCUT2D eigenvalue weighted by Gasteiger charge is 2.63. The molecular weight excluding hydrogens is 382 g/mol. The number of ether oxygens (including phenoxy) is 1. The van der Waals surface area contributed by atoms with E-state index in [1.54, 1.807) is 6.07 Å². The lowest BCUT2D eigenvalue weighted by molar-refractivity contribution is -0.216. The largest absolute Gasteiger partial charge is 0.368 e. The standard InChI is InChI=1S/C14H17F3INO/c1-12(2)14(16,17)13(3,19-6-7-20-12)10-8-9(18)4-5-11(10)15/h4-5,8,19H,6-7H2,1-3H3/t13-/m1/s1. The third-order valence-corrected chi connectivity index (χ3v) is 4.57. The van der Waals surface area contributed by atoms with Crippen molar-refractivity contribution in [3.63, 3.8) is 0 Å². The first-order valence-electron chi connectivity index (χ1n) is 6.34. The highest BCUT2D eigenvalue weighted by Crippen LogP contribution is 2.48.